The Morgan fingerprint density at radius 1 is 1.22 bits per heavy atom. The van der Waals surface area contributed by atoms with E-state index in [0.29, 0.717) is 15.2 Å². The number of aromatic nitrogens is 1. The summed E-state index contributed by atoms with van der Waals surface area (Å²) >= 11 is 19.0. The number of nitrogens with zero attached hydrogens (tertiary/aromatic N) is 1. The van der Waals surface area contributed by atoms with Crippen LogP contribution < -0.4 is 10.6 Å². The Kier molecular flexibility index (Phi) is 7.43. The van der Waals surface area contributed by atoms with E-state index >= 15 is 0 Å². The highest BCUT2D eigenvalue weighted by Gasteiger charge is 2.01. The largest absolute Gasteiger partial charge is 0.362 e. The number of rotatable bonds is 6. The molecule has 2 aromatic rings. The number of hydrogen-bond donors (Lipinski definition) is 2. The van der Waals surface area contributed by atoms with Crippen molar-refractivity contribution < 1.29 is 0 Å². The van der Waals surface area contributed by atoms with Gasteiger partial charge in [0.15, 0.2) is 5.11 Å². The van der Waals surface area contributed by atoms with E-state index in [4.69, 9.17) is 35.4 Å². The van der Waals surface area contributed by atoms with Gasteiger partial charge in [-0.2, -0.15) is 11.8 Å². The smallest absolute Gasteiger partial charge is 0.171 e. The molecule has 2 N–H and O–H groups in total. The fraction of sp³-hybridized carbons (Fsp3) is 0.250. The Labute approximate surface area is 156 Å². The van der Waals surface area contributed by atoms with Gasteiger partial charge in [-0.3, -0.25) is 0 Å². The molecule has 0 aliphatic heterocycles. The summed E-state index contributed by atoms with van der Waals surface area (Å²) in [7, 11) is 0. The average molecular weight is 386 g/mol. The van der Waals surface area contributed by atoms with Crippen molar-refractivity contribution in [3.63, 3.8) is 0 Å². The van der Waals surface area contributed by atoms with Crippen LogP contribution in [0.3, 0.4) is 0 Å². The van der Waals surface area contributed by atoms with Gasteiger partial charge >= 0.3 is 0 Å². The van der Waals surface area contributed by atoms with Crippen LogP contribution in [0.1, 0.15) is 11.1 Å². The maximum Gasteiger partial charge on any atom is 0.171 e. The number of halogens is 2. The minimum absolute atomic E-state index is 0.582. The van der Waals surface area contributed by atoms with Crippen LogP contribution >= 0.6 is 47.2 Å². The maximum atomic E-state index is 6.00. The number of anilines is 1. The van der Waals surface area contributed by atoms with Gasteiger partial charge in [-0.15, -0.1) is 0 Å². The van der Waals surface area contributed by atoms with Crippen molar-refractivity contribution >= 4 is 58.1 Å². The number of benzene rings is 1. The van der Waals surface area contributed by atoms with Crippen molar-refractivity contribution in [1.82, 2.24) is 10.3 Å². The standard InChI is InChI=1S/C16H17Cl2N3S2/c1-11-4-5-19-15(8-11)21-16(22)20-6-7-23-10-12-2-3-13(17)14(18)9-12/h2-5,8-9H,6-7,10H2,1H3,(H2,19,20,21,22). The van der Waals surface area contributed by atoms with Gasteiger partial charge in [-0.05, 0) is 54.5 Å². The van der Waals surface area contributed by atoms with Gasteiger partial charge in [-0.25, -0.2) is 4.98 Å². The fourth-order valence-electron chi connectivity index (χ4n) is 1.82. The van der Waals surface area contributed by atoms with Crippen LogP contribution in [-0.2, 0) is 5.75 Å². The van der Waals surface area contributed by atoms with Crippen molar-refractivity contribution in [3.8, 4) is 0 Å². The van der Waals surface area contributed by atoms with Gasteiger partial charge in [0, 0.05) is 24.2 Å². The van der Waals surface area contributed by atoms with Crippen molar-refractivity contribution in [3.05, 3.63) is 57.7 Å². The summed E-state index contributed by atoms with van der Waals surface area (Å²) in [6.07, 6.45) is 1.76. The molecular weight excluding hydrogens is 369 g/mol. The topological polar surface area (TPSA) is 37.0 Å². The zero-order valence-electron chi connectivity index (χ0n) is 12.6. The zero-order chi connectivity index (χ0) is 16.7. The first-order valence-electron chi connectivity index (χ1n) is 7.04. The van der Waals surface area contributed by atoms with Crippen LogP contribution in [0.15, 0.2) is 36.5 Å². The quantitative estimate of drug-likeness (QED) is 0.545. The highest BCUT2D eigenvalue weighted by molar-refractivity contribution is 7.98. The highest BCUT2D eigenvalue weighted by atomic mass is 35.5. The molecule has 0 fully saturated rings. The molecule has 1 aromatic carbocycles. The molecule has 0 atom stereocenters. The number of pyridine rings is 1. The number of thiocarbonyl (C=S) groups is 1. The molecule has 0 aliphatic carbocycles. The van der Waals surface area contributed by atoms with Crippen molar-refractivity contribution in [2.45, 2.75) is 12.7 Å². The van der Waals surface area contributed by atoms with Crippen molar-refractivity contribution in [2.24, 2.45) is 0 Å². The predicted molar refractivity (Wildman–Crippen MR) is 106 cm³/mol. The van der Waals surface area contributed by atoms with Gasteiger partial charge in [0.2, 0.25) is 0 Å². The molecule has 0 bridgehead atoms. The molecule has 1 heterocycles. The molecule has 0 spiro atoms. The molecule has 122 valence electrons. The minimum atomic E-state index is 0.582. The van der Waals surface area contributed by atoms with E-state index in [9.17, 15) is 0 Å². The van der Waals surface area contributed by atoms with E-state index in [0.717, 1.165) is 35.0 Å². The van der Waals surface area contributed by atoms with Crippen LogP contribution in [0, 0.1) is 6.92 Å². The van der Waals surface area contributed by atoms with Crippen LogP contribution in [0.5, 0.6) is 0 Å². The second-order valence-corrected chi connectivity index (χ2v) is 7.23. The Morgan fingerprint density at radius 2 is 2.04 bits per heavy atom. The molecule has 0 amide bonds. The molecule has 2 rings (SSSR count). The van der Waals surface area contributed by atoms with Crippen LogP contribution in [0.2, 0.25) is 10.0 Å². The first-order valence-corrected chi connectivity index (χ1v) is 9.35. The monoisotopic (exact) mass is 385 g/mol. The van der Waals surface area contributed by atoms with Gasteiger partial charge < -0.3 is 10.6 Å². The van der Waals surface area contributed by atoms with E-state index in [1.165, 1.54) is 0 Å². The summed E-state index contributed by atoms with van der Waals surface area (Å²) in [5, 5.41) is 8.01. The summed E-state index contributed by atoms with van der Waals surface area (Å²) in [6.45, 7) is 2.80. The maximum absolute atomic E-state index is 6.00. The Balaban J connectivity index is 1.65. The van der Waals surface area contributed by atoms with Gasteiger partial charge in [0.1, 0.15) is 5.82 Å². The molecule has 3 nitrogen and oxygen atoms in total. The number of nitrogens with one attached hydrogen (secondary N) is 2. The van der Waals surface area contributed by atoms with Crippen molar-refractivity contribution in [2.75, 3.05) is 17.6 Å². The van der Waals surface area contributed by atoms with Gasteiger partial charge in [0.25, 0.3) is 0 Å². The summed E-state index contributed by atoms with van der Waals surface area (Å²) in [5.74, 6) is 2.58. The summed E-state index contributed by atoms with van der Waals surface area (Å²) in [5.41, 5.74) is 2.30. The predicted octanol–water partition coefficient (Wildman–Crippen LogP) is 4.92. The lowest BCUT2D eigenvalue weighted by molar-refractivity contribution is 0.988. The Morgan fingerprint density at radius 3 is 2.78 bits per heavy atom. The van der Waals surface area contributed by atoms with E-state index in [-0.39, 0.29) is 0 Å². The Hall–Kier alpha value is -1.01. The average Bonchev–Trinajstić information content (AvgIpc) is 2.50. The molecule has 1 aromatic heterocycles. The second kappa shape index (κ2) is 9.33. The number of thioether (sulfide) groups is 1. The number of hydrogen-bond acceptors (Lipinski definition) is 3. The first kappa shape index (κ1) is 18.3. The molecule has 7 heteroatoms. The minimum Gasteiger partial charge on any atom is -0.362 e. The molecule has 23 heavy (non-hydrogen) atoms. The third kappa shape index (κ3) is 6.55. The fourth-order valence-corrected chi connectivity index (χ4v) is 3.15. The summed E-state index contributed by atoms with van der Waals surface area (Å²) in [4.78, 5) is 4.21. The highest BCUT2D eigenvalue weighted by Crippen LogP contribution is 2.24. The van der Waals surface area contributed by atoms with Crippen LogP contribution in [0.4, 0.5) is 5.82 Å². The van der Waals surface area contributed by atoms with E-state index < -0.39 is 0 Å². The van der Waals surface area contributed by atoms with Gasteiger partial charge in [-0.1, -0.05) is 29.3 Å². The zero-order valence-corrected chi connectivity index (χ0v) is 15.7. The molecule has 0 radical (unpaired) electrons. The van der Waals surface area contributed by atoms with E-state index in [1.807, 2.05) is 37.3 Å². The lowest BCUT2D eigenvalue weighted by Gasteiger charge is -2.10. The molecule has 0 aliphatic rings. The molecule has 0 saturated heterocycles. The summed E-state index contributed by atoms with van der Waals surface area (Å²) < 4.78 is 0. The lowest BCUT2D eigenvalue weighted by atomic mass is 10.2. The third-order valence-corrected chi connectivity index (χ3v) is 4.96. The summed E-state index contributed by atoms with van der Waals surface area (Å²) in [6, 6.07) is 9.62. The first-order chi connectivity index (χ1) is 11.0. The van der Waals surface area contributed by atoms with E-state index in [2.05, 4.69) is 15.6 Å². The number of aryl methyl sites for hydroxylation is 1. The van der Waals surface area contributed by atoms with E-state index in [1.54, 1.807) is 18.0 Å². The molecule has 0 unspecified atom stereocenters. The third-order valence-electron chi connectivity index (χ3n) is 2.94. The normalized spacial score (nSPS) is 10.4. The molecule has 0 saturated carbocycles. The van der Waals surface area contributed by atoms with Crippen molar-refractivity contribution in [1.29, 1.82) is 0 Å². The molecular formula is C16H17Cl2N3S2. The van der Waals surface area contributed by atoms with Gasteiger partial charge in [0.05, 0.1) is 10.0 Å². The van der Waals surface area contributed by atoms with Crippen LogP contribution in [-0.4, -0.2) is 22.4 Å². The second-order valence-electron chi connectivity index (χ2n) is 4.90. The lowest BCUT2D eigenvalue weighted by Crippen LogP contribution is -2.30. The SMILES string of the molecule is Cc1ccnc(NC(=S)NCCSCc2ccc(Cl)c(Cl)c2)c1. The van der Waals surface area contributed by atoms with Crippen LogP contribution in [0.25, 0.3) is 0 Å². The Bertz CT molecular complexity index is 680.